The Kier molecular flexibility index (Phi) is 7.92. The summed E-state index contributed by atoms with van der Waals surface area (Å²) in [6.07, 6.45) is 2.54. The molecule has 1 aromatic heterocycles. The number of thioether (sulfide) groups is 1. The van der Waals surface area contributed by atoms with Crippen molar-refractivity contribution >= 4 is 47.8 Å². The number of hydrogen-bond donors (Lipinski definition) is 1. The second-order valence-corrected chi connectivity index (χ2v) is 7.92. The first-order valence-corrected chi connectivity index (χ1v) is 10.4. The first-order chi connectivity index (χ1) is 13.4. The molecular weight excluding hydrogens is 404 g/mol. The fourth-order valence-electron chi connectivity index (χ4n) is 2.95. The van der Waals surface area contributed by atoms with Gasteiger partial charge in [0.05, 0.1) is 18.0 Å². The second kappa shape index (κ2) is 9.96. The molecular formula is C16H24N6O4S2. The summed E-state index contributed by atoms with van der Waals surface area (Å²) in [5.41, 5.74) is -0.410. The molecule has 3 heterocycles. The summed E-state index contributed by atoms with van der Waals surface area (Å²) in [5, 5.41) is 24.6. The van der Waals surface area contributed by atoms with E-state index in [1.165, 1.54) is 0 Å². The minimum atomic E-state index is -0.795. The number of anilines is 1. The number of nitro groups is 1. The molecule has 3 rings (SSSR count). The Labute approximate surface area is 172 Å². The molecule has 1 amide bonds. The van der Waals surface area contributed by atoms with E-state index in [1.807, 2.05) is 11.8 Å². The number of nitrogens with one attached hydrogen (secondary N) is 1. The third kappa shape index (κ3) is 5.07. The topological polar surface area (TPSA) is 118 Å². The van der Waals surface area contributed by atoms with Crippen LogP contribution in [0.2, 0.25) is 0 Å². The third-order valence-corrected chi connectivity index (χ3v) is 5.64. The van der Waals surface area contributed by atoms with E-state index in [0.717, 1.165) is 6.41 Å². The first kappa shape index (κ1) is 22.3. The van der Waals surface area contributed by atoms with Crippen molar-refractivity contribution < 1.29 is 9.72 Å². The number of carbonyl (C=O) groups excluding carboxylic acids is 1. The van der Waals surface area contributed by atoms with Crippen molar-refractivity contribution in [3.63, 3.8) is 0 Å². The number of nitrogens with zero attached hydrogens (tertiary/aromatic N) is 5. The number of amides is 1. The maximum Gasteiger partial charge on any atom is 0.384 e. The van der Waals surface area contributed by atoms with Crippen LogP contribution in [0.4, 0.5) is 17.5 Å². The smallest absolute Gasteiger partial charge is 0.384 e. The van der Waals surface area contributed by atoms with Gasteiger partial charge < -0.3 is 19.7 Å². The summed E-state index contributed by atoms with van der Waals surface area (Å²) in [5.74, 6) is 1.59. The minimum Gasteiger partial charge on any atom is -0.626 e. The Morgan fingerprint density at radius 3 is 2.39 bits per heavy atom. The number of rotatable bonds is 4. The zero-order valence-electron chi connectivity index (χ0n) is 15.7. The van der Waals surface area contributed by atoms with Gasteiger partial charge in [-0.15, -0.1) is 6.58 Å². The van der Waals surface area contributed by atoms with Gasteiger partial charge in [-0.05, 0) is 6.92 Å². The predicted octanol–water partition coefficient (Wildman–Crippen LogP) is 2.07. The molecule has 2 fully saturated rings. The van der Waals surface area contributed by atoms with Gasteiger partial charge in [0.1, 0.15) is 0 Å². The fourth-order valence-corrected chi connectivity index (χ4v) is 4.26. The molecule has 2 saturated heterocycles. The second-order valence-electron chi connectivity index (χ2n) is 6.31. The molecule has 0 aromatic carbocycles. The molecule has 28 heavy (non-hydrogen) atoms. The monoisotopic (exact) mass is 428 g/mol. The Morgan fingerprint density at radius 2 is 1.89 bits per heavy atom. The molecule has 1 N–H and O–H groups in total. The zero-order valence-corrected chi connectivity index (χ0v) is 17.3. The molecule has 0 atom stereocenters. The first-order valence-electron chi connectivity index (χ1n) is 8.82. The van der Waals surface area contributed by atoms with E-state index < -0.39 is 15.3 Å². The van der Waals surface area contributed by atoms with Crippen LogP contribution < -0.4 is 9.55 Å². The minimum absolute atomic E-state index is 0.0295. The van der Waals surface area contributed by atoms with Gasteiger partial charge >= 0.3 is 5.69 Å². The Bertz CT molecular complexity index is 773. The Balaban J connectivity index is 0.000000878. The lowest BCUT2D eigenvalue weighted by atomic mass is 10.3. The number of aromatic nitrogens is 2. The predicted molar refractivity (Wildman–Crippen MR) is 114 cm³/mol. The van der Waals surface area contributed by atoms with Crippen LogP contribution in [-0.4, -0.2) is 77.0 Å². The lowest BCUT2D eigenvalue weighted by Crippen LogP contribution is -2.51. The van der Waals surface area contributed by atoms with Crippen LogP contribution in [0.5, 0.6) is 0 Å². The summed E-state index contributed by atoms with van der Waals surface area (Å²) in [6.45, 7) is 7.82. The van der Waals surface area contributed by atoms with Gasteiger partial charge in [-0.3, -0.25) is 19.9 Å². The molecule has 0 radical (unpaired) electrons. The van der Waals surface area contributed by atoms with Gasteiger partial charge in [0.2, 0.25) is 17.0 Å². The van der Waals surface area contributed by atoms with Crippen LogP contribution in [0.1, 0.15) is 6.92 Å². The standard InChI is InChI=1S/C13H18N6O4S2.C3H6/c20-9-16-1-3-17(4-2-16)13-14-11(10(18(21)22)12(24)15-13)19(23)5-7-25-8-6-19;1-3-2/h9H,1-8H2,(H,14,15,24);3H,1H2,2H3. The average molecular weight is 429 g/mol. The van der Waals surface area contributed by atoms with E-state index in [4.69, 9.17) is 12.2 Å². The highest BCUT2D eigenvalue weighted by Crippen LogP contribution is 2.35. The molecule has 10 nitrogen and oxygen atoms in total. The molecule has 0 bridgehead atoms. The zero-order chi connectivity index (χ0) is 20.7. The highest BCUT2D eigenvalue weighted by Gasteiger charge is 2.36. The van der Waals surface area contributed by atoms with Crippen molar-refractivity contribution in [2.45, 2.75) is 6.92 Å². The number of carbonyl (C=O) groups is 1. The number of quaternary nitrogens is 1. The molecule has 0 unspecified atom stereocenters. The van der Waals surface area contributed by atoms with Gasteiger partial charge in [0.25, 0.3) is 5.82 Å². The summed E-state index contributed by atoms with van der Waals surface area (Å²) < 4.78 is -0.977. The molecule has 154 valence electrons. The SMILES string of the molecule is C=CC.O=CN1CCN(c2nc(=S)c([N+](=O)[O-])c([N+]3([O-])CCSCC3)[nH]2)CC1. The number of hydrogen-bond acceptors (Lipinski definition) is 8. The van der Waals surface area contributed by atoms with Crippen molar-refractivity contribution in [3.05, 3.63) is 32.6 Å². The summed E-state index contributed by atoms with van der Waals surface area (Å²) in [6, 6.07) is 0. The van der Waals surface area contributed by atoms with E-state index in [9.17, 15) is 20.1 Å². The quantitative estimate of drug-likeness (QED) is 0.147. The Hall–Kier alpha value is -2.02. The number of allylic oxidation sites excluding steroid dienone is 1. The Morgan fingerprint density at radius 1 is 1.32 bits per heavy atom. The highest BCUT2D eigenvalue weighted by atomic mass is 32.2. The summed E-state index contributed by atoms with van der Waals surface area (Å²) >= 11 is 6.77. The summed E-state index contributed by atoms with van der Waals surface area (Å²) in [7, 11) is 0. The highest BCUT2D eigenvalue weighted by molar-refractivity contribution is 7.99. The van der Waals surface area contributed by atoms with Crippen LogP contribution in [-0.2, 0) is 4.79 Å². The number of aromatic amines is 1. The van der Waals surface area contributed by atoms with Gasteiger partial charge in [-0.2, -0.15) is 16.7 Å². The number of H-pyrrole nitrogens is 1. The van der Waals surface area contributed by atoms with Gasteiger partial charge in [-0.25, -0.2) is 0 Å². The number of hydroxylamine groups is 2. The molecule has 2 aliphatic heterocycles. The fraction of sp³-hybridized carbons (Fsp3) is 0.562. The average Bonchev–Trinajstić information content (AvgIpc) is 2.68. The molecule has 0 aliphatic carbocycles. The van der Waals surface area contributed by atoms with E-state index in [-0.39, 0.29) is 23.5 Å². The molecule has 0 saturated carbocycles. The van der Waals surface area contributed by atoms with Gasteiger partial charge in [0.15, 0.2) is 0 Å². The lowest BCUT2D eigenvalue weighted by molar-refractivity contribution is -0.385. The van der Waals surface area contributed by atoms with Gasteiger partial charge in [-0.1, -0.05) is 18.3 Å². The third-order valence-electron chi connectivity index (χ3n) is 4.41. The maximum absolute atomic E-state index is 13.2. The van der Waals surface area contributed by atoms with Crippen LogP contribution >= 0.6 is 24.0 Å². The van der Waals surface area contributed by atoms with E-state index in [2.05, 4.69) is 16.5 Å². The molecule has 1 aromatic rings. The van der Waals surface area contributed by atoms with Crippen LogP contribution in [0.3, 0.4) is 0 Å². The van der Waals surface area contributed by atoms with Crippen LogP contribution in [0.25, 0.3) is 0 Å². The lowest BCUT2D eigenvalue weighted by Gasteiger charge is -2.43. The molecule has 0 spiro atoms. The van der Waals surface area contributed by atoms with Crippen molar-refractivity contribution in [3.8, 4) is 0 Å². The van der Waals surface area contributed by atoms with Crippen molar-refractivity contribution in [2.75, 3.05) is 55.7 Å². The normalized spacial score (nSPS) is 18.6. The van der Waals surface area contributed by atoms with Crippen LogP contribution in [0, 0.1) is 20.0 Å². The van der Waals surface area contributed by atoms with Crippen molar-refractivity contribution in [1.29, 1.82) is 0 Å². The number of piperazine rings is 1. The molecule has 12 heteroatoms. The van der Waals surface area contributed by atoms with Crippen molar-refractivity contribution in [1.82, 2.24) is 19.5 Å². The van der Waals surface area contributed by atoms with Crippen LogP contribution in [0.15, 0.2) is 12.7 Å². The van der Waals surface area contributed by atoms with E-state index in [0.29, 0.717) is 43.6 Å². The maximum atomic E-state index is 13.2. The largest absolute Gasteiger partial charge is 0.626 e. The van der Waals surface area contributed by atoms with Crippen molar-refractivity contribution in [2.24, 2.45) is 0 Å². The van der Waals surface area contributed by atoms with E-state index >= 15 is 0 Å². The van der Waals surface area contributed by atoms with Gasteiger partial charge in [0, 0.05) is 37.7 Å². The van der Waals surface area contributed by atoms with E-state index in [1.54, 1.807) is 22.7 Å². The summed E-state index contributed by atoms with van der Waals surface area (Å²) in [4.78, 5) is 32.2. The molecule has 2 aliphatic rings.